The first-order valence-corrected chi connectivity index (χ1v) is 8.31. The fraction of sp³-hybridized carbons (Fsp3) is 0.647. The van der Waals surface area contributed by atoms with Gasteiger partial charge in [-0.25, -0.2) is 4.98 Å². The molecule has 0 spiro atoms. The van der Waals surface area contributed by atoms with E-state index < -0.39 is 0 Å². The number of hydrogen-bond donors (Lipinski definition) is 1. The first-order valence-electron chi connectivity index (χ1n) is 7.93. The van der Waals surface area contributed by atoms with Crippen LogP contribution in [0.1, 0.15) is 75.3 Å². The normalized spacial score (nSPS) is 12.5. The Morgan fingerprint density at radius 3 is 2.62 bits per heavy atom. The summed E-state index contributed by atoms with van der Waals surface area (Å²) in [6, 6.07) is 3.47. The summed E-state index contributed by atoms with van der Waals surface area (Å²) >= 11 is 6.01. The molecule has 1 aromatic heterocycles. The zero-order valence-corrected chi connectivity index (χ0v) is 14.3. The van der Waals surface area contributed by atoms with E-state index in [2.05, 4.69) is 24.1 Å². The number of nitrogens with one attached hydrogen (secondary N) is 1. The van der Waals surface area contributed by atoms with Gasteiger partial charge in [-0.15, -0.1) is 0 Å². The van der Waals surface area contributed by atoms with Crippen LogP contribution in [0.3, 0.4) is 0 Å². The maximum absolute atomic E-state index is 12.3. The van der Waals surface area contributed by atoms with Gasteiger partial charge in [-0.1, -0.05) is 58.6 Å². The van der Waals surface area contributed by atoms with Crippen molar-refractivity contribution in [2.75, 3.05) is 6.54 Å². The molecule has 0 aliphatic heterocycles. The predicted octanol–water partition coefficient (Wildman–Crippen LogP) is 4.80. The van der Waals surface area contributed by atoms with Crippen molar-refractivity contribution >= 4 is 17.5 Å². The SMILES string of the molecule is CCCCC(CC)CNC(=O)c1cc(Cl)nc(C(C)C)c1. The van der Waals surface area contributed by atoms with Gasteiger partial charge in [0.15, 0.2) is 0 Å². The number of nitrogens with zero attached hydrogens (tertiary/aromatic N) is 1. The van der Waals surface area contributed by atoms with Crippen molar-refractivity contribution in [3.8, 4) is 0 Å². The second-order valence-electron chi connectivity index (χ2n) is 5.88. The standard InChI is InChI=1S/C17H27ClN2O/c1-5-7-8-13(6-2)11-19-17(21)14-9-15(12(3)4)20-16(18)10-14/h9-10,12-13H,5-8,11H2,1-4H3,(H,19,21). The molecule has 0 aliphatic carbocycles. The highest BCUT2D eigenvalue weighted by atomic mass is 35.5. The van der Waals surface area contributed by atoms with Crippen molar-refractivity contribution in [2.45, 2.75) is 59.3 Å². The van der Waals surface area contributed by atoms with Crippen molar-refractivity contribution < 1.29 is 4.79 Å². The van der Waals surface area contributed by atoms with Gasteiger partial charge in [0, 0.05) is 17.8 Å². The predicted molar refractivity (Wildman–Crippen MR) is 89.0 cm³/mol. The van der Waals surface area contributed by atoms with E-state index in [4.69, 9.17) is 11.6 Å². The van der Waals surface area contributed by atoms with Crippen LogP contribution in [0.15, 0.2) is 12.1 Å². The second kappa shape index (κ2) is 9.04. The van der Waals surface area contributed by atoms with Crippen LogP contribution in [0.4, 0.5) is 0 Å². The smallest absolute Gasteiger partial charge is 0.251 e. The van der Waals surface area contributed by atoms with Crippen LogP contribution in [0.25, 0.3) is 0 Å². The minimum Gasteiger partial charge on any atom is -0.352 e. The molecular formula is C17H27ClN2O. The van der Waals surface area contributed by atoms with Crippen LogP contribution in [-0.2, 0) is 0 Å². The number of carbonyl (C=O) groups excluding carboxylic acids is 1. The highest BCUT2D eigenvalue weighted by Crippen LogP contribution is 2.18. The molecule has 1 amide bonds. The Bertz CT molecular complexity index is 460. The molecule has 0 fully saturated rings. The van der Waals surface area contributed by atoms with Crippen LogP contribution >= 0.6 is 11.6 Å². The lowest BCUT2D eigenvalue weighted by molar-refractivity contribution is 0.0945. The molecule has 21 heavy (non-hydrogen) atoms. The lowest BCUT2D eigenvalue weighted by Crippen LogP contribution is -2.29. The number of amides is 1. The van der Waals surface area contributed by atoms with Gasteiger partial charge in [0.05, 0.1) is 0 Å². The molecule has 0 aliphatic rings. The number of pyridine rings is 1. The van der Waals surface area contributed by atoms with E-state index in [0.717, 1.165) is 18.7 Å². The average Bonchev–Trinajstić information content (AvgIpc) is 2.46. The van der Waals surface area contributed by atoms with Gasteiger partial charge in [-0.3, -0.25) is 4.79 Å². The van der Waals surface area contributed by atoms with Crippen LogP contribution in [0, 0.1) is 5.92 Å². The van der Waals surface area contributed by atoms with Crippen LogP contribution in [0.2, 0.25) is 5.15 Å². The van der Waals surface area contributed by atoms with E-state index >= 15 is 0 Å². The Morgan fingerprint density at radius 2 is 2.05 bits per heavy atom. The number of aromatic nitrogens is 1. The van der Waals surface area contributed by atoms with Gasteiger partial charge in [0.25, 0.3) is 5.91 Å². The molecular weight excluding hydrogens is 284 g/mol. The minimum atomic E-state index is -0.0591. The summed E-state index contributed by atoms with van der Waals surface area (Å²) in [6.45, 7) is 9.17. The molecule has 4 heteroatoms. The third-order valence-corrected chi connectivity index (χ3v) is 3.96. The van der Waals surface area contributed by atoms with E-state index in [0.29, 0.717) is 16.6 Å². The average molecular weight is 311 g/mol. The third-order valence-electron chi connectivity index (χ3n) is 3.76. The zero-order valence-electron chi connectivity index (χ0n) is 13.6. The molecule has 0 radical (unpaired) electrons. The number of halogens is 1. The fourth-order valence-electron chi connectivity index (χ4n) is 2.23. The molecule has 1 rings (SSSR count). The topological polar surface area (TPSA) is 42.0 Å². The maximum atomic E-state index is 12.3. The summed E-state index contributed by atoms with van der Waals surface area (Å²) in [4.78, 5) is 16.5. The van der Waals surface area contributed by atoms with Gasteiger partial charge in [0.2, 0.25) is 0 Å². The van der Waals surface area contributed by atoms with Gasteiger partial charge in [-0.2, -0.15) is 0 Å². The molecule has 0 aromatic carbocycles. The molecule has 0 bridgehead atoms. The highest BCUT2D eigenvalue weighted by Gasteiger charge is 2.13. The van der Waals surface area contributed by atoms with E-state index in [1.807, 2.05) is 19.9 Å². The maximum Gasteiger partial charge on any atom is 0.251 e. The first kappa shape index (κ1) is 18.0. The summed E-state index contributed by atoms with van der Waals surface area (Å²) in [5.74, 6) is 0.745. The summed E-state index contributed by atoms with van der Waals surface area (Å²) < 4.78 is 0. The molecule has 3 nitrogen and oxygen atoms in total. The minimum absolute atomic E-state index is 0.0591. The van der Waals surface area contributed by atoms with Crippen LogP contribution in [-0.4, -0.2) is 17.4 Å². The number of hydrogen-bond acceptors (Lipinski definition) is 2. The number of unbranched alkanes of at least 4 members (excludes halogenated alkanes) is 1. The van der Waals surface area contributed by atoms with Crippen molar-refractivity contribution in [2.24, 2.45) is 5.92 Å². The van der Waals surface area contributed by atoms with Crippen molar-refractivity contribution in [3.63, 3.8) is 0 Å². The van der Waals surface area contributed by atoms with E-state index in [9.17, 15) is 4.79 Å². The van der Waals surface area contributed by atoms with Gasteiger partial charge < -0.3 is 5.32 Å². The summed E-state index contributed by atoms with van der Waals surface area (Å²) in [7, 11) is 0. The summed E-state index contributed by atoms with van der Waals surface area (Å²) in [5.41, 5.74) is 1.45. The van der Waals surface area contributed by atoms with E-state index in [1.165, 1.54) is 19.3 Å². The largest absolute Gasteiger partial charge is 0.352 e. The number of carbonyl (C=O) groups is 1. The Hall–Kier alpha value is -1.09. The number of rotatable bonds is 8. The Labute approximate surface area is 133 Å². The highest BCUT2D eigenvalue weighted by molar-refractivity contribution is 6.29. The molecule has 0 saturated carbocycles. The zero-order chi connectivity index (χ0) is 15.8. The van der Waals surface area contributed by atoms with Crippen molar-refractivity contribution in [1.82, 2.24) is 10.3 Å². The third kappa shape index (κ3) is 6.04. The van der Waals surface area contributed by atoms with Gasteiger partial charge in [0.1, 0.15) is 5.15 Å². The van der Waals surface area contributed by atoms with Gasteiger partial charge >= 0.3 is 0 Å². The first-order chi connectivity index (χ1) is 9.97. The molecule has 1 unspecified atom stereocenters. The monoisotopic (exact) mass is 310 g/mol. The van der Waals surface area contributed by atoms with Crippen molar-refractivity contribution in [1.29, 1.82) is 0 Å². The molecule has 1 aromatic rings. The molecule has 1 atom stereocenters. The van der Waals surface area contributed by atoms with E-state index in [1.54, 1.807) is 6.07 Å². The molecule has 1 heterocycles. The molecule has 118 valence electrons. The quantitative estimate of drug-likeness (QED) is 0.700. The van der Waals surface area contributed by atoms with Crippen LogP contribution < -0.4 is 5.32 Å². The van der Waals surface area contributed by atoms with E-state index in [-0.39, 0.29) is 11.8 Å². The Balaban J connectivity index is 2.66. The summed E-state index contributed by atoms with van der Waals surface area (Å²) in [6.07, 6.45) is 4.67. The Morgan fingerprint density at radius 1 is 1.33 bits per heavy atom. The second-order valence-corrected chi connectivity index (χ2v) is 6.27. The fourth-order valence-corrected chi connectivity index (χ4v) is 2.44. The summed E-state index contributed by atoms with van der Waals surface area (Å²) in [5, 5.41) is 3.41. The van der Waals surface area contributed by atoms with Crippen LogP contribution in [0.5, 0.6) is 0 Å². The molecule has 0 saturated heterocycles. The van der Waals surface area contributed by atoms with Gasteiger partial charge in [-0.05, 0) is 30.4 Å². The lowest BCUT2D eigenvalue weighted by atomic mass is 9.99. The lowest BCUT2D eigenvalue weighted by Gasteiger charge is -2.15. The molecule has 1 N–H and O–H groups in total. The van der Waals surface area contributed by atoms with Crippen molar-refractivity contribution in [3.05, 3.63) is 28.5 Å². The Kier molecular flexibility index (Phi) is 7.73.